The SMILES string of the molecule is O=C1/C(=C\c2ccc(-c3ccc(Cl)c([N+](=O)[O-])c3)o2)SC(=S)N1c1ccc(F)cc1. The van der Waals surface area contributed by atoms with E-state index in [1.165, 1.54) is 47.4 Å². The Labute approximate surface area is 184 Å². The fraction of sp³-hybridized carbons (Fsp3) is 0. The van der Waals surface area contributed by atoms with Crippen LogP contribution in [0.3, 0.4) is 0 Å². The Morgan fingerprint density at radius 1 is 1.17 bits per heavy atom. The highest BCUT2D eigenvalue weighted by Gasteiger charge is 2.33. The lowest BCUT2D eigenvalue weighted by molar-refractivity contribution is -0.384. The van der Waals surface area contributed by atoms with Crippen LogP contribution in [0.25, 0.3) is 17.4 Å². The number of nitro benzene ring substituents is 1. The van der Waals surface area contributed by atoms with Crippen molar-refractivity contribution in [3.05, 3.63) is 86.2 Å². The molecule has 30 heavy (non-hydrogen) atoms. The van der Waals surface area contributed by atoms with Gasteiger partial charge in [0.2, 0.25) is 0 Å². The number of benzene rings is 2. The van der Waals surface area contributed by atoms with Gasteiger partial charge in [0.25, 0.3) is 11.6 Å². The molecule has 1 amide bonds. The van der Waals surface area contributed by atoms with Gasteiger partial charge in [-0.2, -0.15) is 0 Å². The first-order valence-corrected chi connectivity index (χ1v) is 10.0. The number of carbonyl (C=O) groups is 1. The standard InChI is InChI=1S/C20H10ClFN2O4S2/c21-15-7-1-11(9-16(15)24(26)27)17-8-6-14(28-17)10-18-19(25)23(20(29)30-18)13-4-2-12(22)3-5-13/h1-10H/b18-10+. The molecule has 1 aliphatic heterocycles. The summed E-state index contributed by atoms with van der Waals surface area (Å²) in [5.41, 5.74) is 0.716. The third-order valence-corrected chi connectivity index (χ3v) is 5.83. The number of thiocarbonyl (C=S) groups is 1. The van der Waals surface area contributed by atoms with Gasteiger partial charge in [-0.25, -0.2) is 4.39 Å². The maximum atomic E-state index is 13.2. The normalized spacial score (nSPS) is 15.3. The van der Waals surface area contributed by atoms with Crippen molar-refractivity contribution < 1.29 is 18.5 Å². The van der Waals surface area contributed by atoms with E-state index in [0.717, 1.165) is 11.8 Å². The highest BCUT2D eigenvalue weighted by atomic mass is 35.5. The summed E-state index contributed by atoms with van der Waals surface area (Å²) < 4.78 is 19.2. The molecule has 0 saturated carbocycles. The molecule has 4 rings (SSSR count). The molecule has 0 spiro atoms. The molecule has 1 fully saturated rings. The lowest BCUT2D eigenvalue weighted by Crippen LogP contribution is -2.27. The second-order valence-corrected chi connectivity index (χ2v) is 8.20. The minimum atomic E-state index is -0.573. The number of rotatable bonds is 4. The summed E-state index contributed by atoms with van der Waals surface area (Å²) >= 11 is 12.2. The molecule has 10 heteroatoms. The van der Waals surface area contributed by atoms with Gasteiger partial charge in [0.15, 0.2) is 4.32 Å². The molecule has 150 valence electrons. The van der Waals surface area contributed by atoms with Crippen molar-refractivity contribution in [2.45, 2.75) is 0 Å². The van der Waals surface area contributed by atoms with Crippen LogP contribution >= 0.6 is 35.6 Å². The first-order valence-electron chi connectivity index (χ1n) is 8.41. The number of hydrogen-bond donors (Lipinski definition) is 0. The smallest absolute Gasteiger partial charge is 0.288 e. The molecule has 0 radical (unpaired) electrons. The summed E-state index contributed by atoms with van der Waals surface area (Å²) in [5, 5.41) is 11.1. The second kappa shape index (κ2) is 8.02. The van der Waals surface area contributed by atoms with Gasteiger partial charge in [-0.1, -0.05) is 35.6 Å². The van der Waals surface area contributed by atoms with E-state index in [1.54, 1.807) is 18.2 Å². The van der Waals surface area contributed by atoms with Crippen molar-refractivity contribution in [1.82, 2.24) is 0 Å². The van der Waals surface area contributed by atoms with Gasteiger partial charge in [0, 0.05) is 17.7 Å². The molecule has 2 heterocycles. The molecule has 1 aliphatic rings. The Kier molecular flexibility index (Phi) is 5.42. The maximum absolute atomic E-state index is 13.2. The average Bonchev–Trinajstić information content (AvgIpc) is 3.28. The molecule has 0 unspecified atom stereocenters. The summed E-state index contributed by atoms with van der Waals surface area (Å²) in [6, 6.07) is 13.1. The molecule has 1 aromatic heterocycles. The van der Waals surface area contributed by atoms with Crippen LogP contribution in [0.5, 0.6) is 0 Å². The summed E-state index contributed by atoms with van der Waals surface area (Å²) in [5.74, 6) is -0.000730. The van der Waals surface area contributed by atoms with Crippen molar-refractivity contribution in [3.63, 3.8) is 0 Å². The molecular formula is C20H10ClFN2O4S2. The lowest BCUT2D eigenvalue weighted by atomic mass is 10.1. The summed E-state index contributed by atoms with van der Waals surface area (Å²) in [6.07, 6.45) is 1.54. The lowest BCUT2D eigenvalue weighted by Gasteiger charge is -2.14. The fourth-order valence-electron chi connectivity index (χ4n) is 2.80. The molecule has 0 N–H and O–H groups in total. The molecule has 6 nitrogen and oxygen atoms in total. The van der Waals surface area contributed by atoms with Gasteiger partial charge < -0.3 is 4.42 Å². The number of amides is 1. The fourth-order valence-corrected chi connectivity index (χ4v) is 4.27. The van der Waals surface area contributed by atoms with Crippen LogP contribution in [0.4, 0.5) is 15.8 Å². The Morgan fingerprint density at radius 3 is 2.60 bits per heavy atom. The first-order chi connectivity index (χ1) is 14.3. The van der Waals surface area contributed by atoms with Gasteiger partial charge in [-0.3, -0.25) is 19.8 Å². The number of furan rings is 1. The third kappa shape index (κ3) is 3.87. The van der Waals surface area contributed by atoms with E-state index in [-0.39, 0.29) is 16.6 Å². The van der Waals surface area contributed by atoms with E-state index in [9.17, 15) is 19.3 Å². The number of hydrogen-bond acceptors (Lipinski definition) is 6. The number of nitrogens with zero attached hydrogens (tertiary/aromatic N) is 2. The van der Waals surface area contributed by atoms with Crippen LogP contribution in [-0.2, 0) is 4.79 Å². The van der Waals surface area contributed by atoms with Crippen LogP contribution in [0.15, 0.2) is 63.9 Å². The molecule has 0 atom stereocenters. The van der Waals surface area contributed by atoms with Gasteiger partial charge in [-0.15, -0.1) is 0 Å². The highest BCUT2D eigenvalue weighted by Crippen LogP contribution is 2.37. The predicted molar refractivity (Wildman–Crippen MR) is 118 cm³/mol. The minimum Gasteiger partial charge on any atom is -0.457 e. The van der Waals surface area contributed by atoms with E-state index in [4.69, 9.17) is 28.2 Å². The van der Waals surface area contributed by atoms with Gasteiger partial charge in [0.1, 0.15) is 22.4 Å². The van der Waals surface area contributed by atoms with E-state index in [2.05, 4.69) is 0 Å². The summed E-state index contributed by atoms with van der Waals surface area (Å²) in [4.78, 5) is 24.9. The number of carbonyl (C=O) groups excluding carboxylic acids is 1. The zero-order valence-corrected chi connectivity index (χ0v) is 17.3. The topological polar surface area (TPSA) is 76.6 Å². The number of halogens is 2. The Balaban J connectivity index is 1.61. The molecule has 0 aliphatic carbocycles. The van der Waals surface area contributed by atoms with E-state index in [0.29, 0.717) is 32.0 Å². The molecule has 1 saturated heterocycles. The Hall–Kier alpha value is -3.01. The first kappa shape index (κ1) is 20.3. The van der Waals surface area contributed by atoms with E-state index in [1.807, 2.05) is 0 Å². The molecule has 3 aromatic rings. The zero-order valence-electron chi connectivity index (χ0n) is 14.9. The largest absolute Gasteiger partial charge is 0.457 e. The van der Waals surface area contributed by atoms with E-state index >= 15 is 0 Å². The van der Waals surface area contributed by atoms with Crippen molar-refractivity contribution >= 4 is 63.3 Å². The Bertz CT molecular complexity index is 1220. The van der Waals surface area contributed by atoms with Crippen molar-refractivity contribution in [2.75, 3.05) is 4.90 Å². The average molecular weight is 461 g/mol. The highest BCUT2D eigenvalue weighted by molar-refractivity contribution is 8.27. The number of thioether (sulfide) groups is 1. The van der Waals surface area contributed by atoms with Crippen LogP contribution in [-0.4, -0.2) is 15.2 Å². The van der Waals surface area contributed by atoms with Crippen molar-refractivity contribution in [2.24, 2.45) is 0 Å². The quantitative estimate of drug-likeness (QED) is 0.204. The summed E-state index contributed by atoms with van der Waals surface area (Å²) in [6.45, 7) is 0. The van der Waals surface area contributed by atoms with Crippen LogP contribution in [0.1, 0.15) is 5.76 Å². The molecular weight excluding hydrogens is 451 g/mol. The third-order valence-electron chi connectivity index (χ3n) is 4.21. The second-order valence-electron chi connectivity index (χ2n) is 6.12. The van der Waals surface area contributed by atoms with Gasteiger partial charge >= 0.3 is 0 Å². The van der Waals surface area contributed by atoms with E-state index < -0.39 is 10.7 Å². The maximum Gasteiger partial charge on any atom is 0.288 e. The predicted octanol–water partition coefficient (Wildman–Crippen LogP) is 6.05. The summed E-state index contributed by atoms with van der Waals surface area (Å²) in [7, 11) is 0. The zero-order chi connectivity index (χ0) is 21.4. The molecule has 0 bridgehead atoms. The minimum absolute atomic E-state index is 0.0278. The Morgan fingerprint density at radius 2 is 1.90 bits per heavy atom. The van der Waals surface area contributed by atoms with Crippen LogP contribution in [0, 0.1) is 15.9 Å². The number of anilines is 1. The van der Waals surface area contributed by atoms with Crippen LogP contribution in [0.2, 0.25) is 5.02 Å². The monoisotopic (exact) mass is 460 g/mol. The van der Waals surface area contributed by atoms with Crippen molar-refractivity contribution in [1.29, 1.82) is 0 Å². The molecule has 2 aromatic carbocycles. The van der Waals surface area contributed by atoms with Gasteiger partial charge in [0.05, 0.1) is 15.5 Å². The van der Waals surface area contributed by atoms with Crippen LogP contribution < -0.4 is 4.90 Å². The number of nitro groups is 1. The van der Waals surface area contributed by atoms with Crippen molar-refractivity contribution in [3.8, 4) is 11.3 Å². The van der Waals surface area contributed by atoms with Gasteiger partial charge in [-0.05, 0) is 48.5 Å².